The van der Waals surface area contributed by atoms with Gasteiger partial charge in [-0.3, -0.25) is 14.2 Å². The van der Waals surface area contributed by atoms with Gasteiger partial charge in [0.2, 0.25) is 5.88 Å². The van der Waals surface area contributed by atoms with Gasteiger partial charge in [-0.15, -0.1) is 17.5 Å². The van der Waals surface area contributed by atoms with E-state index in [-0.39, 0.29) is 43.5 Å². The van der Waals surface area contributed by atoms with Crippen molar-refractivity contribution in [2.24, 2.45) is 11.8 Å². The zero-order valence-corrected chi connectivity index (χ0v) is 25.4. The van der Waals surface area contributed by atoms with E-state index in [1.807, 2.05) is 57.2 Å². The number of imidazole rings is 1. The van der Waals surface area contributed by atoms with Crippen molar-refractivity contribution in [3.63, 3.8) is 0 Å². The van der Waals surface area contributed by atoms with Crippen LogP contribution in [-0.2, 0) is 24.9 Å². The Morgan fingerprint density at radius 1 is 1.05 bits per heavy atom. The van der Waals surface area contributed by atoms with Gasteiger partial charge in [-0.05, 0) is 51.2 Å². The second kappa shape index (κ2) is 12.7. The average Bonchev–Trinajstić information content (AvgIpc) is 3.23. The standard InChI is InChI=1S/C18H12N3O.C13H24O2.Ir/c1-10-13-6-4-3-5-12(13)9-14-16(10)22-18-11(2)20-15-7-8-19-17(14)21(15)18;1-5-10(6-2)12(14)9-13(15)11(7-3)8-4;/h3-8H,1-2H3;9-11,14H,5-8H2,1-4H3;/q-1;;/b;12-9-;. The number of allylic oxidation sites excluding steroid dienone is 2. The molecule has 2 aromatic heterocycles. The van der Waals surface area contributed by atoms with Crippen LogP contribution in [0.3, 0.4) is 0 Å². The molecule has 4 aromatic rings. The molecule has 0 unspecified atom stereocenters. The number of nitrogens with zero attached hydrogens (tertiary/aromatic N) is 3. The number of aliphatic hydroxyl groups is 1. The number of aliphatic hydroxyl groups excluding tert-OH is 1. The molecule has 7 heteroatoms. The van der Waals surface area contributed by atoms with Crippen LogP contribution in [0.1, 0.15) is 64.6 Å². The Labute approximate surface area is 238 Å². The maximum absolute atomic E-state index is 11.7. The van der Waals surface area contributed by atoms with Gasteiger partial charge >= 0.3 is 0 Å². The second-order valence-corrected chi connectivity index (χ2v) is 9.56. The molecule has 0 saturated carbocycles. The molecule has 1 aliphatic rings. The van der Waals surface area contributed by atoms with E-state index in [9.17, 15) is 9.90 Å². The van der Waals surface area contributed by atoms with Crippen LogP contribution in [0.25, 0.3) is 27.8 Å². The number of ether oxygens (including phenoxy) is 1. The first-order chi connectivity index (χ1) is 17.8. The Balaban J connectivity index is 0.000000223. The van der Waals surface area contributed by atoms with E-state index < -0.39 is 0 Å². The summed E-state index contributed by atoms with van der Waals surface area (Å²) >= 11 is 0. The number of rotatable bonds is 7. The summed E-state index contributed by atoms with van der Waals surface area (Å²) in [5, 5.41) is 12.0. The molecule has 0 amide bonds. The molecule has 0 saturated heterocycles. The third-order valence-electron chi connectivity index (χ3n) is 7.32. The van der Waals surface area contributed by atoms with E-state index in [4.69, 9.17) is 4.74 Å². The topological polar surface area (TPSA) is 76.7 Å². The molecule has 0 bridgehead atoms. The number of hydrogen-bond acceptors (Lipinski definition) is 5. The number of ketones is 1. The Morgan fingerprint density at radius 2 is 1.71 bits per heavy atom. The van der Waals surface area contributed by atoms with Crippen molar-refractivity contribution >= 4 is 22.2 Å². The monoisotopic (exact) mass is 691 g/mol. The minimum absolute atomic E-state index is 0. The molecule has 5 rings (SSSR count). The smallest absolute Gasteiger partial charge is 0.214 e. The van der Waals surface area contributed by atoms with Crippen LogP contribution in [-0.4, -0.2) is 25.3 Å². The number of aryl methyl sites for hydroxylation is 2. The number of fused-ring (bicyclic) bond motifs is 3. The van der Waals surface area contributed by atoms with Gasteiger partial charge in [0.05, 0.1) is 23.0 Å². The summed E-state index contributed by atoms with van der Waals surface area (Å²) in [7, 11) is 0. The SMILES string of the molecule is CCC(CC)C(=O)/C=C(\O)C(CC)CC.Cc1nc2ccnc3n2c1Oc1c-3[c-]c2ccccc2c1C.[Ir]. The van der Waals surface area contributed by atoms with E-state index in [1.54, 1.807) is 6.20 Å². The molecule has 0 aliphatic carbocycles. The minimum atomic E-state index is 0. The summed E-state index contributed by atoms with van der Waals surface area (Å²) in [5.74, 6) is 2.96. The van der Waals surface area contributed by atoms with Crippen LogP contribution >= 0.6 is 0 Å². The van der Waals surface area contributed by atoms with Crippen molar-refractivity contribution < 1.29 is 34.7 Å². The molecule has 0 spiro atoms. The van der Waals surface area contributed by atoms with Crippen molar-refractivity contribution in [3.8, 4) is 23.0 Å². The van der Waals surface area contributed by atoms with E-state index in [2.05, 4.69) is 35.1 Å². The van der Waals surface area contributed by atoms with E-state index in [0.29, 0.717) is 0 Å². The fourth-order valence-corrected chi connectivity index (χ4v) is 4.96. The summed E-state index contributed by atoms with van der Waals surface area (Å²) in [6.45, 7) is 12.1. The summed E-state index contributed by atoms with van der Waals surface area (Å²) in [5.41, 5.74) is 3.72. The zero-order valence-electron chi connectivity index (χ0n) is 23.0. The molecular weight excluding hydrogens is 655 g/mol. The number of benzene rings is 2. The number of carbonyl (C=O) groups is 1. The van der Waals surface area contributed by atoms with E-state index in [0.717, 1.165) is 76.4 Å². The summed E-state index contributed by atoms with van der Waals surface area (Å²) < 4.78 is 8.15. The van der Waals surface area contributed by atoms with Crippen LogP contribution in [0.4, 0.5) is 0 Å². The molecule has 1 radical (unpaired) electrons. The fourth-order valence-electron chi connectivity index (χ4n) is 4.96. The van der Waals surface area contributed by atoms with Gasteiger partial charge in [0.25, 0.3) is 0 Å². The van der Waals surface area contributed by atoms with E-state index in [1.165, 1.54) is 6.08 Å². The van der Waals surface area contributed by atoms with Gasteiger partial charge in [-0.2, -0.15) is 0 Å². The summed E-state index contributed by atoms with van der Waals surface area (Å²) in [4.78, 5) is 20.8. The first-order valence-corrected chi connectivity index (χ1v) is 13.3. The number of carbonyl (C=O) groups excluding carboxylic acids is 1. The first-order valence-electron chi connectivity index (χ1n) is 13.3. The number of aromatic nitrogens is 3. The molecule has 1 N–H and O–H groups in total. The van der Waals surface area contributed by atoms with Crippen molar-refractivity contribution in [2.75, 3.05) is 0 Å². The van der Waals surface area contributed by atoms with Crippen LogP contribution in [0.2, 0.25) is 0 Å². The van der Waals surface area contributed by atoms with Crippen molar-refractivity contribution in [3.05, 3.63) is 65.7 Å². The van der Waals surface area contributed by atoms with Gasteiger partial charge < -0.3 is 9.84 Å². The minimum Gasteiger partial charge on any atom is -0.512 e. The Kier molecular flexibility index (Phi) is 9.86. The third-order valence-corrected chi connectivity index (χ3v) is 7.32. The second-order valence-electron chi connectivity index (χ2n) is 9.56. The number of hydrogen-bond donors (Lipinski definition) is 1. The van der Waals surface area contributed by atoms with Crippen LogP contribution in [0, 0.1) is 31.7 Å². The predicted molar refractivity (Wildman–Crippen MR) is 148 cm³/mol. The fraction of sp³-hybridized carbons (Fsp3) is 0.387. The quantitative estimate of drug-likeness (QED) is 0.107. The molecule has 3 heterocycles. The molecule has 0 atom stereocenters. The van der Waals surface area contributed by atoms with Crippen molar-refractivity contribution in [2.45, 2.75) is 67.2 Å². The normalized spacial score (nSPS) is 12.2. The van der Waals surface area contributed by atoms with Crippen molar-refractivity contribution in [1.29, 1.82) is 0 Å². The molecule has 203 valence electrons. The van der Waals surface area contributed by atoms with Gasteiger partial charge in [-0.1, -0.05) is 56.8 Å². The largest absolute Gasteiger partial charge is 0.512 e. The molecule has 6 nitrogen and oxygen atoms in total. The maximum Gasteiger partial charge on any atom is 0.214 e. The van der Waals surface area contributed by atoms with E-state index >= 15 is 0 Å². The molecular formula is C31H36IrN3O3-. The Hall–Kier alpha value is -3.02. The molecule has 38 heavy (non-hydrogen) atoms. The third kappa shape index (κ3) is 5.55. The van der Waals surface area contributed by atoms with Crippen LogP contribution in [0.15, 0.2) is 48.4 Å². The van der Waals surface area contributed by atoms with Gasteiger partial charge in [0, 0.05) is 44.2 Å². The Morgan fingerprint density at radius 3 is 2.37 bits per heavy atom. The summed E-state index contributed by atoms with van der Waals surface area (Å²) in [6.07, 6.45) is 6.69. The van der Waals surface area contributed by atoms with Crippen LogP contribution < -0.4 is 4.74 Å². The first kappa shape index (κ1) is 29.5. The average molecular weight is 691 g/mol. The molecule has 2 aromatic carbocycles. The Bertz CT molecular complexity index is 1470. The van der Waals surface area contributed by atoms with Gasteiger partial charge in [-0.25, -0.2) is 4.98 Å². The van der Waals surface area contributed by atoms with Gasteiger partial charge in [0.15, 0.2) is 5.78 Å². The van der Waals surface area contributed by atoms with Crippen LogP contribution in [0.5, 0.6) is 11.6 Å². The maximum atomic E-state index is 11.7. The molecule has 1 aliphatic heterocycles. The zero-order chi connectivity index (χ0) is 26.7. The predicted octanol–water partition coefficient (Wildman–Crippen LogP) is 7.94. The van der Waals surface area contributed by atoms with Crippen molar-refractivity contribution in [1.82, 2.24) is 14.4 Å². The molecule has 0 fully saturated rings. The summed E-state index contributed by atoms with van der Waals surface area (Å²) in [6, 6.07) is 13.6. The van der Waals surface area contributed by atoms with Gasteiger partial charge in [0.1, 0.15) is 5.65 Å².